The van der Waals surface area contributed by atoms with Gasteiger partial charge in [-0.2, -0.15) is 9.97 Å². The zero-order valence-electron chi connectivity index (χ0n) is 7.93. The molecule has 0 aromatic carbocycles. The zero-order valence-corrected chi connectivity index (χ0v) is 8.69. The van der Waals surface area contributed by atoms with Crippen LogP contribution in [0, 0.1) is 10.1 Å². The van der Waals surface area contributed by atoms with E-state index in [1.165, 1.54) is 0 Å². The Bertz CT molecular complexity index is 428. The third kappa shape index (κ3) is 2.45. The molecule has 0 bridgehead atoms. The third-order valence-corrected chi connectivity index (χ3v) is 1.71. The number of aromatic nitrogens is 2. The number of nitrogens with one attached hydrogen (secondary N) is 1. The van der Waals surface area contributed by atoms with Crippen LogP contribution in [-0.4, -0.2) is 28.1 Å². The molecule has 16 heavy (non-hydrogen) atoms. The third-order valence-electron chi connectivity index (χ3n) is 1.45. The van der Waals surface area contributed by atoms with Gasteiger partial charge in [0.2, 0.25) is 16.9 Å². The number of methoxy groups -OCH3 is 1. The maximum Gasteiger partial charge on any atom is 0.413 e. The van der Waals surface area contributed by atoms with Gasteiger partial charge < -0.3 is 10.5 Å². The highest BCUT2D eigenvalue weighted by atomic mass is 35.5. The number of carbonyl (C=O) groups excluding carboxylic acids is 1. The van der Waals surface area contributed by atoms with Crippen molar-refractivity contribution in [3.05, 3.63) is 15.3 Å². The lowest BCUT2D eigenvalue weighted by Gasteiger charge is -2.03. The molecule has 0 saturated heterocycles. The Labute approximate surface area is 93.7 Å². The molecule has 0 unspecified atom stereocenters. The summed E-state index contributed by atoms with van der Waals surface area (Å²) >= 11 is 5.49. The number of rotatable bonds is 2. The number of halogens is 1. The predicted molar refractivity (Wildman–Crippen MR) is 54.1 cm³/mol. The number of anilines is 2. The molecule has 0 aliphatic rings. The Hall–Kier alpha value is -2.16. The summed E-state index contributed by atoms with van der Waals surface area (Å²) in [5.74, 6) is -0.726. The number of carbonyl (C=O) groups is 1. The van der Waals surface area contributed by atoms with E-state index in [4.69, 9.17) is 17.3 Å². The second-order valence-corrected chi connectivity index (χ2v) is 2.80. The molecule has 3 N–H and O–H groups in total. The Morgan fingerprint density at radius 1 is 1.62 bits per heavy atom. The number of nitrogens with two attached hydrogens (primary N) is 1. The highest BCUT2D eigenvalue weighted by Crippen LogP contribution is 2.28. The molecule has 86 valence electrons. The normalized spacial score (nSPS) is 9.62. The van der Waals surface area contributed by atoms with Gasteiger partial charge in [-0.3, -0.25) is 15.4 Å². The molecule has 0 aliphatic heterocycles. The molecule has 0 radical (unpaired) electrons. The summed E-state index contributed by atoms with van der Waals surface area (Å²) in [6, 6.07) is 0. The minimum absolute atomic E-state index is 0.278. The molecule has 9 nitrogen and oxygen atoms in total. The molecule has 0 aliphatic carbocycles. The first-order chi connectivity index (χ1) is 7.45. The lowest BCUT2D eigenvalue weighted by Crippen LogP contribution is -2.15. The first kappa shape index (κ1) is 11.9. The second kappa shape index (κ2) is 4.57. The minimum atomic E-state index is -0.843. The quantitative estimate of drug-likeness (QED) is 0.448. The molecule has 1 rings (SSSR count). The SMILES string of the molecule is COC(=O)Nc1nc(N)c([N+](=O)[O-])c(Cl)n1. The van der Waals surface area contributed by atoms with Crippen LogP contribution < -0.4 is 11.1 Å². The molecule has 0 atom stereocenters. The van der Waals surface area contributed by atoms with E-state index in [0.717, 1.165) is 7.11 Å². The first-order valence-corrected chi connectivity index (χ1v) is 4.16. The number of amides is 1. The average Bonchev–Trinajstić information content (AvgIpc) is 2.15. The van der Waals surface area contributed by atoms with Crippen LogP contribution in [0.1, 0.15) is 0 Å². The van der Waals surface area contributed by atoms with E-state index in [-0.39, 0.29) is 5.95 Å². The summed E-state index contributed by atoms with van der Waals surface area (Å²) in [6.45, 7) is 0. The van der Waals surface area contributed by atoms with Gasteiger partial charge in [-0.25, -0.2) is 4.79 Å². The minimum Gasteiger partial charge on any atom is -0.453 e. The van der Waals surface area contributed by atoms with Gasteiger partial charge in [0.25, 0.3) is 0 Å². The van der Waals surface area contributed by atoms with Crippen molar-refractivity contribution < 1.29 is 14.5 Å². The van der Waals surface area contributed by atoms with Gasteiger partial charge in [0.05, 0.1) is 12.0 Å². The van der Waals surface area contributed by atoms with Gasteiger partial charge in [0.15, 0.2) is 0 Å². The fourth-order valence-corrected chi connectivity index (χ4v) is 1.06. The van der Waals surface area contributed by atoms with Crippen molar-refractivity contribution in [3.8, 4) is 0 Å². The predicted octanol–water partition coefficient (Wildman–Crippen LogP) is 0.799. The fraction of sp³-hybridized carbons (Fsp3) is 0.167. The summed E-state index contributed by atoms with van der Waals surface area (Å²) in [5.41, 5.74) is 4.66. The lowest BCUT2D eigenvalue weighted by atomic mass is 10.5. The number of hydrogen-bond donors (Lipinski definition) is 2. The molecular formula is C6H6ClN5O4. The van der Waals surface area contributed by atoms with Gasteiger partial charge >= 0.3 is 11.8 Å². The van der Waals surface area contributed by atoms with Crippen LogP contribution in [0.4, 0.5) is 22.2 Å². The van der Waals surface area contributed by atoms with E-state index in [0.29, 0.717) is 0 Å². The molecule has 1 amide bonds. The molecule has 10 heteroatoms. The number of hydrogen-bond acceptors (Lipinski definition) is 7. The first-order valence-electron chi connectivity index (χ1n) is 3.78. The van der Waals surface area contributed by atoms with Crippen LogP contribution >= 0.6 is 11.6 Å². The van der Waals surface area contributed by atoms with Crippen LogP contribution in [0.15, 0.2) is 0 Å². The smallest absolute Gasteiger partial charge is 0.413 e. The molecule has 0 fully saturated rings. The Morgan fingerprint density at radius 3 is 2.69 bits per heavy atom. The zero-order chi connectivity index (χ0) is 12.3. The largest absolute Gasteiger partial charge is 0.453 e. The van der Waals surface area contributed by atoms with E-state index < -0.39 is 27.7 Å². The number of nitrogen functional groups attached to an aromatic ring is 1. The van der Waals surface area contributed by atoms with Crippen LogP contribution in [0.25, 0.3) is 0 Å². The Kier molecular flexibility index (Phi) is 3.40. The summed E-state index contributed by atoms with van der Waals surface area (Å²) in [4.78, 5) is 27.4. The van der Waals surface area contributed by atoms with Crippen molar-refractivity contribution in [2.75, 3.05) is 18.2 Å². The number of nitro groups is 1. The molecule has 1 heterocycles. The molecule has 0 saturated carbocycles. The van der Waals surface area contributed by atoms with Crippen molar-refractivity contribution in [1.82, 2.24) is 9.97 Å². The highest BCUT2D eigenvalue weighted by Gasteiger charge is 2.22. The summed E-state index contributed by atoms with van der Waals surface area (Å²) in [6.07, 6.45) is -0.843. The van der Waals surface area contributed by atoms with Gasteiger partial charge in [-0.1, -0.05) is 11.6 Å². The lowest BCUT2D eigenvalue weighted by molar-refractivity contribution is -0.384. The van der Waals surface area contributed by atoms with Crippen molar-refractivity contribution in [3.63, 3.8) is 0 Å². The summed E-state index contributed by atoms with van der Waals surface area (Å²) in [5, 5.41) is 12.1. The Balaban J connectivity index is 3.10. The van der Waals surface area contributed by atoms with Crippen LogP contribution in [0.3, 0.4) is 0 Å². The molecule has 1 aromatic heterocycles. The fourth-order valence-electron chi connectivity index (χ4n) is 0.811. The van der Waals surface area contributed by atoms with Gasteiger partial charge in [-0.05, 0) is 0 Å². The maximum atomic E-state index is 10.8. The van der Waals surface area contributed by atoms with Crippen molar-refractivity contribution >= 4 is 35.1 Å². The van der Waals surface area contributed by atoms with E-state index >= 15 is 0 Å². The molecule has 1 aromatic rings. The van der Waals surface area contributed by atoms with Crippen molar-refractivity contribution in [1.29, 1.82) is 0 Å². The van der Waals surface area contributed by atoms with E-state index in [1.54, 1.807) is 0 Å². The van der Waals surface area contributed by atoms with Crippen LogP contribution in [0.5, 0.6) is 0 Å². The van der Waals surface area contributed by atoms with E-state index in [9.17, 15) is 14.9 Å². The van der Waals surface area contributed by atoms with Crippen LogP contribution in [-0.2, 0) is 4.74 Å². The maximum absolute atomic E-state index is 10.8. The molecule has 0 spiro atoms. The molecular weight excluding hydrogens is 242 g/mol. The second-order valence-electron chi connectivity index (χ2n) is 2.45. The average molecular weight is 248 g/mol. The Morgan fingerprint density at radius 2 is 2.25 bits per heavy atom. The standard InChI is InChI=1S/C6H6ClN5O4/c1-16-6(13)11-5-9-3(7)2(12(14)15)4(8)10-5/h1H3,(H3,8,9,10,11,13). The van der Waals surface area contributed by atoms with E-state index in [2.05, 4.69) is 20.0 Å². The van der Waals surface area contributed by atoms with Gasteiger partial charge in [0, 0.05) is 0 Å². The summed E-state index contributed by atoms with van der Waals surface area (Å²) < 4.78 is 4.26. The van der Waals surface area contributed by atoms with Crippen LogP contribution in [0.2, 0.25) is 5.15 Å². The number of ether oxygens (including phenoxy) is 1. The van der Waals surface area contributed by atoms with Crippen molar-refractivity contribution in [2.24, 2.45) is 0 Å². The number of nitrogens with zero attached hydrogens (tertiary/aromatic N) is 3. The monoisotopic (exact) mass is 247 g/mol. The highest BCUT2D eigenvalue weighted by molar-refractivity contribution is 6.32. The van der Waals surface area contributed by atoms with E-state index in [1.807, 2.05) is 0 Å². The van der Waals surface area contributed by atoms with Gasteiger partial charge in [0.1, 0.15) is 0 Å². The van der Waals surface area contributed by atoms with Gasteiger partial charge in [-0.15, -0.1) is 0 Å². The summed E-state index contributed by atoms with van der Waals surface area (Å²) in [7, 11) is 1.13. The van der Waals surface area contributed by atoms with Crippen molar-refractivity contribution in [2.45, 2.75) is 0 Å². The topological polar surface area (TPSA) is 133 Å².